The SMILES string of the molecule is CC(=O)[C@H]1CC[C@H]2[C@@H]3CC=C4CC(=O)CC[C@@]4(C)[C@@H]3CC[C@]12CCCc1ccccc1. The Balaban J connectivity index is 1.40. The molecule has 31 heavy (non-hydrogen) atoms. The molecule has 1 aromatic carbocycles. The van der Waals surface area contributed by atoms with Gasteiger partial charge in [-0.05, 0) is 98.9 Å². The minimum absolute atomic E-state index is 0.216. The molecule has 0 saturated heterocycles. The summed E-state index contributed by atoms with van der Waals surface area (Å²) in [5, 5.41) is 0. The minimum atomic E-state index is 0.216. The van der Waals surface area contributed by atoms with E-state index >= 15 is 0 Å². The average molecular weight is 419 g/mol. The summed E-state index contributed by atoms with van der Waals surface area (Å²) in [5.41, 5.74) is 3.31. The molecule has 4 aliphatic rings. The molecule has 166 valence electrons. The van der Waals surface area contributed by atoms with Crippen LogP contribution in [0.1, 0.15) is 83.6 Å². The second-order valence-corrected chi connectivity index (χ2v) is 11.3. The number of hydrogen-bond donors (Lipinski definition) is 0. The molecule has 4 aliphatic carbocycles. The number of benzene rings is 1. The van der Waals surface area contributed by atoms with Gasteiger partial charge in [-0.2, -0.15) is 0 Å². The normalized spacial score (nSPS) is 39.3. The lowest BCUT2D eigenvalue weighted by Gasteiger charge is -2.58. The van der Waals surface area contributed by atoms with Crippen LogP contribution in [0.2, 0.25) is 0 Å². The van der Waals surface area contributed by atoms with E-state index in [1.165, 1.54) is 43.2 Å². The van der Waals surface area contributed by atoms with Crippen molar-refractivity contribution in [3.05, 3.63) is 47.5 Å². The van der Waals surface area contributed by atoms with E-state index in [-0.39, 0.29) is 16.7 Å². The quantitative estimate of drug-likeness (QED) is 0.497. The number of fused-ring (bicyclic) bond motifs is 5. The summed E-state index contributed by atoms with van der Waals surface area (Å²) in [6.45, 7) is 4.31. The first kappa shape index (κ1) is 21.2. The van der Waals surface area contributed by atoms with Gasteiger partial charge < -0.3 is 0 Å². The van der Waals surface area contributed by atoms with Crippen LogP contribution in [0.3, 0.4) is 0 Å². The highest BCUT2D eigenvalue weighted by Gasteiger charge is 2.60. The van der Waals surface area contributed by atoms with Gasteiger partial charge in [0, 0.05) is 18.8 Å². The fourth-order valence-corrected chi connectivity index (χ4v) is 8.65. The van der Waals surface area contributed by atoms with Crippen LogP contribution in [0.4, 0.5) is 0 Å². The highest BCUT2D eigenvalue weighted by atomic mass is 16.1. The summed E-state index contributed by atoms with van der Waals surface area (Å²) < 4.78 is 0. The maximum Gasteiger partial charge on any atom is 0.136 e. The van der Waals surface area contributed by atoms with Crippen LogP contribution in [0.15, 0.2) is 42.0 Å². The predicted octanol–water partition coefficient (Wildman–Crippen LogP) is 6.73. The van der Waals surface area contributed by atoms with Gasteiger partial charge in [-0.15, -0.1) is 0 Å². The highest BCUT2D eigenvalue weighted by Crippen LogP contribution is 2.67. The number of Topliss-reactive ketones (excluding diaryl/α,β-unsaturated/α-hetero) is 2. The van der Waals surface area contributed by atoms with Crippen molar-refractivity contribution in [1.82, 2.24) is 0 Å². The van der Waals surface area contributed by atoms with Crippen LogP contribution in [-0.2, 0) is 16.0 Å². The van der Waals surface area contributed by atoms with Gasteiger partial charge in [0.25, 0.3) is 0 Å². The van der Waals surface area contributed by atoms with Crippen molar-refractivity contribution in [2.45, 2.75) is 84.5 Å². The Morgan fingerprint density at radius 1 is 1.06 bits per heavy atom. The van der Waals surface area contributed by atoms with Gasteiger partial charge in [0.05, 0.1) is 0 Å². The molecule has 0 N–H and O–H groups in total. The molecule has 2 heteroatoms. The first-order valence-corrected chi connectivity index (χ1v) is 12.7. The zero-order chi connectivity index (χ0) is 21.6. The van der Waals surface area contributed by atoms with Crippen molar-refractivity contribution in [1.29, 1.82) is 0 Å². The molecule has 0 heterocycles. The zero-order valence-corrected chi connectivity index (χ0v) is 19.4. The molecular formula is C29H38O2. The van der Waals surface area contributed by atoms with Gasteiger partial charge >= 0.3 is 0 Å². The van der Waals surface area contributed by atoms with E-state index in [0.717, 1.165) is 32.1 Å². The van der Waals surface area contributed by atoms with Crippen LogP contribution < -0.4 is 0 Å². The lowest BCUT2D eigenvalue weighted by atomic mass is 9.46. The van der Waals surface area contributed by atoms with Crippen molar-refractivity contribution in [2.75, 3.05) is 0 Å². The Morgan fingerprint density at radius 3 is 2.65 bits per heavy atom. The largest absolute Gasteiger partial charge is 0.300 e. The van der Waals surface area contributed by atoms with E-state index in [9.17, 15) is 9.59 Å². The fraction of sp³-hybridized carbons (Fsp3) is 0.655. The van der Waals surface area contributed by atoms with Gasteiger partial charge in [-0.1, -0.05) is 48.9 Å². The first-order valence-electron chi connectivity index (χ1n) is 12.7. The smallest absolute Gasteiger partial charge is 0.136 e. The van der Waals surface area contributed by atoms with Gasteiger partial charge in [0.15, 0.2) is 0 Å². The number of rotatable bonds is 5. The second kappa shape index (κ2) is 8.01. The third-order valence-electron chi connectivity index (χ3n) is 10.1. The number of carbonyl (C=O) groups is 2. The molecule has 0 amide bonds. The molecule has 0 aromatic heterocycles. The van der Waals surface area contributed by atoms with Crippen molar-refractivity contribution in [3.63, 3.8) is 0 Å². The third-order valence-corrected chi connectivity index (χ3v) is 10.1. The number of allylic oxidation sites excluding steroid dienone is 2. The van der Waals surface area contributed by atoms with E-state index in [0.29, 0.717) is 35.7 Å². The van der Waals surface area contributed by atoms with Crippen LogP contribution in [0.5, 0.6) is 0 Å². The summed E-state index contributed by atoms with van der Waals surface area (Å²) in [6.07, 6.45) is 14.4. The second-order valence-electron chi connectivity index (χ2n) is 11.3. The Hall–Kier alpha value is -1.70. The maximum absolute atomic E-state index is 12.8. The molecule has 3 saturated carbocycles. The molecule has 2 nitrogen and oxygen atoms in total. The Morgan fingerprint density at radius 2 is 1.87 bits per heavy atom. The molecule has 0 bridgehead atoms. The van der Waals surface area contributed by atoms with Crippen molar-refractivity contribution >= 4 is 11.6 Å². The van der Waals surface area contributed by atoms with Gasteiger partial charge in [-0.3, -0.25) is 9.59 Å². The van der Waals surface area contributed by atoms with E-state index in [1.807, 2.05) is 6.92 Å². The summed E-state index contributed by atoms with van der Waals surface area (Å²) in [7, 11) is 0. The standard InChI is InChI=1S/C29H38O2/c1-20(30)25-12-13-27-24-11-10-22-19-23(31)14-17-28(22,2)26(24)15-18-29(25,27)16-6-9-21-7-4-3-5-8-21/h3-5,7-8,10,24-27H,6,9,11-19H2,1-2H3/t24-,25-,26-,27+,28-,29-/m1/s1. The summed E-state index contributed by atoms with van der Waals surface area (Å²) >= 11 is 0. The van der Waals surface area contributed by atoms with E-state index < -0.39 is 0 Å². The number of ketones is 2. The molecule has 5 rings (SSSR count). The molecule has 0 unspecified atom stereocenters. The Bertz CT molecular complexity index is 883. The van der Waals surface area contributed by atoms with Crippen molar-refractivity contribution < 1.29 is 9.59 Å². The monoisotopic (exact) mass is 418 g/mol. The van der Waals surface area contributed by atoms with E-state index in [1.54, 1.807) is 0 Å². The van der Waals surface area contributed by atoms with Crippen LogP contribution in [0, 0.1) is 34.5 Å². The summed E-state index contributed by atoms with van der Waals surface area (Å²) in [5.74, 6) is 3.23. The molecule has 0 spiro atoms. The molecular weight excluding hydrogens is 380 g/mol. The number of hydrogen-bond acceptors (Lipinski definition) is 2. The average Bonchev–Trinajstić information content (AvgIpc) is 3.15. The first-order chi connectivity index (χ1) is 14.9. The van der Waals surface area contributed by atoms with Gasteiger partial charge in [-0.25, -0.2) is 0 Å². The minimum Gasteiger partial charge on any atom is -0.300 e. The fourth-order valence-electron chi connectivity index (χ4n) is 8.65. The number of carbonyl (C=O) groups excluding carboxylic acids is 2. The summed E-state index contributed by atoms with van der Waals surface area (Å²) in [4.78, 5) is 24.9. The van der Waals surface area contributed by atoms with Crippen LogP contribution in [0.25, 0.3) is 0 Å². The van der Waals surface area contributed by atoms with Gasteiger partial charge in [0.2, 0.25) is 0 Å². The third kappa shape index (κ3) is 3.45. The van der Waals surface area contributed by atoms with Crippen LogP contribution in [-0.4, -0.2) is 11.6 Å². The predicted molar refractivity (Wildman–Crippen MR) is 125 cm³/mol. The Labute approximate surface area is 187 Å². The summed E-state index contributed by atoms with van der Waals surface area (Å²) in [6, 6.07) is 10.8. The zero-order valence-electron chi connectivity index (χ0n) is 19.4. The van der Waals surface area contributed by atoms with Crippen LogP contribution >= 0.6 is 0 Å². The lowest BCUT2D eigenvalue weighted by Crippen LogP contribution is -2.51. The molecule has 1 aromatic rings. The topological polar surface area (TPSA) is 34.1 Å². The van der Waals surface area contributed by atoms with Gasteiger partial charge in [0.1, 0.15) is 11.6 Å². The molecule has 0 aliphatic heterocycles. The Kier molecular flexibility index (Phi) is 5.47. The molecule has 6 atom stereocenters. The van der Waals surface area contributed by atoms with E-state index in [4.69, 9.17) is 0 Å². The number of aryl methyl sites for hydroxylation is 1. The molecule has 0 radical (unpaired) electrons. The lowest BCUT2D eigenvalue weighted by molar-refractivity contribution is -0.130. The molecule has 3 fully saturated rings. The van der Waals surface area contributed by atoms with Crippen molar-refractivity contribution in [2.24, 2.45) is 34.5 Å². The maximum atomic E-state index is 12.8. The van der Waals surface area contributed by atoms with E-state index in [2.05, 4.69) is 43.3 Å². The highest BCUT2D eigenvalue weighted by molar-refractivity contribution is 5.82. The van der Waals surface area contributed by atoms with Crippen molar-refractivity contribution in [3.8, 4) is 0 Å².